The normalized spacial score (nSPS) is 22.0. The fourth-order valence-electron chi connectivity index (χ4n) is 1.71. The third-order valence-electron chi connectivity index (χ3n) is 3.17. The summed E-state index contributed by atoms with van der Waals surface area (Å²) in [6.45, 7) is 5.89. The van der Waals surface area contributed by atoms with Gasteiger partial charge in [-0.3, -0.25) is 4.98 Å². The van der Waals surface area contributed by atoms with Gasteiger partial charge in [0.05, 0.1) is 24.4 Å². The van der Waals surface area contributed by atoms with E-state index in [-0.39, 0.29) is 11.7 Å². The van der Waals surface area contributed by atoms with Crippen LogP contribution < -0.4 is 5.46 Å². The SMILES string of the molecule is COC(=O)c1cncc(B2OC(C)C(C)(C)O2)c1. The Morgan fingerprint density at radius 1 is 1.50 bits per heavy atom. The van der Waals surface area contributed by atoms with Crippen LogP contribution in [0.5, 0.6) is 0 Å². The molecule has 1 unspecified atom stereocenters. The third kappa shape index (κ3) is 2.39. The van der Waals surface area contributed by atoms with Crippen molar-refractivity contribution in [2.75, 3.05) is 7.11 Å². The van der Waals surface area contributed by atoms with Crippen molar-refractivity contribution in [1.29, 1.82) is 0 Å². The maximum absolute atomic E-state index is 11.4. The van der Waals surface area contributed by atoms with E-state index in [2.05, 4.69) is 9.72 Å². The Morgan fingerprint density at radius 2 is 2.22 bits per heavy atom. The van der Waals surface area contributed by atoms with Crippen LogP contribution in [0.15, 0.2) is 18.5 Å². The van der Waals surface area contributed by atoms with Gasteiger partial charge in [-0.25, -0.2) is 4.79 Å². The maximum Gasteiger partial charge on any atom is 0.496 e. The Balaban J connectivity index is 2.23. The summed E-state index contributed by atoms with van der Waals surface area (Å²) in [5.74, 6) is -0.422. The van der Waals surface area contributed by atoms with Crippen LogP contribution >= 0.6 is 0 Å². The first-order valence-electron chi connectivity index (χ1n) is 5.80. The van der Waals surface area contributed by atoms with Crippen LogP contribution in [0, 0.1) is 0 Å². The second-order valence-electron chi connectivity index (χ2n) is 4.83. The van der Waals surface area contributed by atoms with Gasteiger partial charge in [-0.2, -0.15) is 0 Å². The summed E-state index contributed by atoms with van der Waals surface area (Å²) in [5, 5.41) is 0. The highest BCUT2D eigenvalue weighted by Gasteiger charge is 2.44. The molecule has 0 amide bonds. The van der Waals surface area contributed by atoms with Crippen LogP contribution in [0.1, 0.15) is 31.1 Å². The van der Waals surface area contributed by atoms with E-state index < -0.39 is 13.1 Å². The number of carbonyl (C=O) groups is 1. The molecule has 1 atom stereocenters. The lowest BCUT2D eigenvalue weighted by atomic mass is 9.80. The third-order valence-corrected chi connectivity index (χ3v) is 3.17. The maximum atomic E-state index is 11.4. The number of hydrogen-bond acceptors (Lipinski definition) is 5. The van der Waals surface area contributed by atoms with Crippen molar-refractivity contribution in [3.63, 3.8) is 0 Å². The zero-order valence-corrected chi connectivity index (χ0v) is 11.0. The molecule has 1 aromatic heterocycles. The van der Waals surface area contributed by atoms with E-state index in [0.717, 1.165) is 5.46 Å². The van der Waals surface area contributed by atoms with Gasteiger partial charge in [0.25, 0.3) is 0 Å². The number of rotatable bonds is 2. The Morgan fingerprint density at radius 3 is 2.78 bits per heavy atom. The van der Waals surface area contributed by atoms with Gasteiger partial charge in [0.1, 0.15) is 0 Å². The van der Waals surface area contributed by atoms with E-state index in [4.69, 9.17) is 9.31 Å². The Hall–Kier alpha value is -1.40. The van der Waals surface area contributed by atoms with Crippen molar-refractivity contribution < 1.29 is 18.8 Å². The predicted molar refractivity (Wildman–Crippen MR) is 66.7 cm³/mol. The molecule has 1 saturated heterocycles. The number of ether oxygens (including phenoxy) is 1. The van der Waals surface area contributed by atoms with E-state index >= 15 is 0 Å². The molecule has 0 radical (unpaired) electrons. The average Bonchev–Trinajstić information content (AvgIpc) is 2.63. The fourth-order valence-corrected chi connectivity index (χ4v) is 1.71. The minimum atomic E-state index is -0.493. The summed E-state index contributed by atoms with van der Waals surface area (Å²) in [6.07, 6.45) is 3.06. The lowest BCUT2D eigenvalue weighted by Crippen LogP contribution is -2.35. The van der Waals surface area contributed by atoms with Gasteiger partial charge in [0, 0.05) is 17.9 Å². The molecule has 0 saturated carbocycles. The summed E-state index contributed by atoms with van der Waals surface area (Å²) >= 11 is 0. The molecule has 1 aliphatic rings. The molecule has 2 heterocycles. The van der Waals surface area contributed by atoms with Gasteiger partial charge in [0.2, 0.25) is 0 Å². The molecule has 6 heteroatoms. The second-order valence-corrected chi connectivity index (χ2v) is 4.83. The zero-order valence-electron chi connectivity index (χ0n) is 11.0. The minimum absolute atomic E-state index is 0.0238. The predicted octanol–water partition coefficient (Wildman–Crippen LogP) is 0.777. The molecule has 0 aliphatic carbocycles. The Bertz CT molecular complexity index is 463. The zero-order chi connectivity index (χ0) is 13.3. The summed E-state index contributed by atoms with van der Waals surface area (Å²) in [7, 11) is 0.843. The second kappa shape index (κ2) is 4.70. The van der Waals surface area contributed by atoms with Gasteiger partial charge in [0.15, 0.2) is 0 Å². The molecule has 5 nitrogen and oxygen atoms in total. The van der Waals surface area contributed by atoms with Gasteiger partial charge in [-0.05, 0) is 26.8 Å². The number of pyridine rings is 1. The van der Waals surface area contributed by atoms with Crippen LogP contribution in [-0.4, -0.2) is 36.9 Å². The molecule has 0 aromatic carbocycles. The van der Waals surface area contributed by atoms with Crippen molar-refractivity contribution in [2.45, 2.75) is 32.5 Å². The highest BCUT2D eigenvalue weighted by atomic mass is 16.7. The molecular formula is C12H16BNO4. The largest absolute Gasteiger partial charge is 0.496 e. The van der Waals surface area contributed by atoms with E-state index in [1.165, 1.54) is 13.3 Å². The first-order valence-corrected chi connectivity index (χ1v) is 5.80. The first-order chi connectivity index (χ1) is 8.44. The van der Waals surface area contributed by atoms with Crippen molar-refractivity contribution in [2.24, 2.45) is 0 Å². The van der Waals surface area contributed by atoms with Crippen LogP contribution in [0.25, 0.3) is 0 Å². The van der Waals surface area contributed by atoms with Crippen LogP contribution in [0.4, 0.5) is 0 Å². The molecule has 1 aromatic rings. The van der Waals surface area contributed by atoms with Crippen LogP contribution in [0.3, 0.4) is 0 Å². The Kier molecular flexibility index (Phi) is 3.41. The smallest absolute Gasteiger partial charge is 0.465 e. The van der Waals surface area contributed by atoms with E-state index in [1.54, 1.807) is 12.3 Å². The molecule has 0 spiro atoms. The number of aromatic nitrogens is 1. The summed E-state index contributed by atoms with van der Waals surface area (Å²) in [5.41, 5.74) is 0.751. The highest BCUT2D eigenvalue weighted by Crippen LogP contribution is 2.26. The average molecular weight is 249 g/mol. The monoisotopic (exact) mass is 249 g/mol. The summed E-state index contributed by atoms with van der Waals surface area (Å²) in [6, 6.07) is 1.68. The summed E-state index contributed by atoms with van der Waals surface area (Å²) < 4.78 is 16.2. The fraction of sp³-hybridized carbons (Fsp3) is 0.500. The quantitative estimate of drug-likeness (QED) is 0.572. The van der Waals surface area contributed by atoms with Crippen molar-refractivity contribution in [3.05, 3.63) is 24.0 Å². The highest BCUT2D eigenvalue weighted by molar-refractivity contribution is 6.62. The number of nitrogens with zero attached hydrogens (tertiary/aromatic N) is 1. The molecule has 96 valence electrons. The van der Waals surface area contributed by atoms with Gasteiger partial charge < -0.3 is 14.0 Å². The lowest BCUT2D eigenvalue weighted by Gasteiger charge is -2.21. The molecule has 18 heavy (non-hydrogen) atoms. The van der Waals surface area contributed by atoms with E-state index in [0.29, 0.717) is 5.56 Å². The molecule has 0 N–H and O–H groups in total. The lowest BCUT2D eigenvalue weighted by molar-refractivity contribution is 0.0600. The Labute approximate surface area is 107 Å². The van der Waals surface area contributed by atoms with Gasteiger partial charge in [-0.15, -0.1) is 0 Å². The van der Waals surface area contributed by atoms with Gasteiger partial charge in [-0.1, -0.05) is 0 Å². The standard InChI is InChI=1S/C12H16BNO4/c1-8-12(2,3)18-13(17-8)10-5-9(6-14-7-10)11(15)16-4/h5-8H,1-4H3. The van der Waals surface area contributed by atoms with E-state index in [1.807, 2.05) is 20.8 Å². The molecule has 2 rings (SSSR count). The molecule has 0 bridgehead atoms. The molecule has 1 aliphatic heterocycles. The number of hydrogen-bond donors (Lipinski definition) is 0. The van der Waals surface area contributed by atoms with Crippen molar-refractivity contribution in [3.8, 4) is 0 Å². The van der Waals surface area contributed by atoms with Crippen LogP contribution in [0.2, 0.25) is 0 Å². The summed E-state index contributed by atoms with van der Waals surface area (Å²) in [4.78, 5) is 15.4. The molecule has 1 fully saturated rings. The minimum Gasteiger partial charge on any atom is -0.465 e. The van der Waals surface area contributed by atoms with Crippen molar-refractivity contribution in [1.82, 2.24) is 4.98 Å². The number of methoxy groups -OCH3 is 1. The van der Waals surface area contributed by atoms with Crippen LogP contribution in [-0.2, 0) is 14.0 Å². The molecular weight excluding hydrogens is 233 g/mol. The number of esters is 1. The first kappa shape index (κ1) is 13.0. The topological polar surface area (TPSA) is 57.7 Å². The van der Waals surface area contributed by atoms with Crippen molar-refractivity contribution >= 4 is 18.6 Å². The van der Waals surface area contributed by atoms with E-state index in [9.17, 15) is 4.79 Å². The van der Waals surface area contributed by atoms with Gasteiger partial charge >= 0.3 is 13.1 Å². The number of carbonyl (C=O) groups excluding carboxylic acids is 1.